The highest BCUT2D eigenvalue weighted by molar-refractivity contribution is 6.33. The van der Waals surface area contributed by atoms with E-state index in [1.54, 1.807) is 23.9 Å². The van der Waals surface area contributed by atoms with Gasteiger partial charge in [0, 0.05) is 5.56 Å². The predicted molar refractivity (Wildman–Crippen MR) is 82.8 cm³/mol. The van der Waals surface area contributed by atoms with Crippen LogP contribution in [0.3, 0.4) is 0 Å². The average molecular weight is 301 g/mol. The van der Waals surface area contributed by atoms with Gasteiger partial charge < -0.3 is 10.5 Å². The van der Waals surface area contributed by atoms with E-state index in [-0.39, 0.29) is 0 Å². The van der Waals surface area contributed by atoms with Crippen LogP contribution in [0.15, 0.2) is 48.7 Å². The van der Waals surface area contributed by atoms with E-state index in [1.807, 2.05) is 36.5 Å². The normalized spacial score (nSPS) is 10.6. The number of nitrogen functional groups attached to an aromatic ring is 1. The Labute approximate surface area is 126 Å². The summed E-state index contributed by atoms with van der Waals surface area (Å²) in [4.78, 5) is 0. The zero-order valence-electron chi connectivity index (χ0n) is 11.3. The van der Waals surface area contributed by atoms with Crippen molar-refractivity contribution in [1.82, 2.24) is 15.0 Å². The van der Waals surface area contributed by atoms with Crippen molar-refractivity contribution >= 4 is 17.3 Å². The van der Waals surface area contributed by atoms with E-state index in [4.69, 9.17) is 22.1 Å². The van der Waals surface area contributed by atoms with Gasteiger partial charge in [0.2, 0.25) is 0 Å². The lowest BCUT2D eigenvalue weighted by atomic mass is 10.1. The van der Waals surface area contributed by atoms with Crippen LogP contribution in [0, 0.1) is 0 Å². The quantitative estimate of drug-likeness (QED) is 0.754. The van der Waals surface area contributed by atoms with Gasteiger partial charge in [-0.25, -0.2) is 4.68 Å². The van der Waals surface area contributed by atoms with Crippen LogP contribution in [0.1, 0.15) is 0 Å². The molecular weight excluding hydrogens is 288 g/mol. The molecule has 3 aromatic rings. The summed E-state index contributed by atoms with van der Waals surface area (Å²) in [5.41, 5.74) is 8.71. The van der Waals surface area contributed by atoms with Crippen molar-refractivity contribution < 1.29 is 4.74 Å². The SMILES string of the molecule is COc1ccccc1-c1cn(-c2ccc(Cl)c(N)c2)nn1. The Balaban J connectivity index is 2.01. The number of nitrogens with zero attached hydrogens (tertiary/aromatic N) is 3. The molecular formula is C15H13ClN4O. The van der Waals surface area contributed by atoms with Gasteiger partial charge in [0.1, 0.15) is 11.4 Å². The number of methoxy groups -OCH3 is 1. The molecule has 2 N–H and O–H groups in total. The van der Waals surface area contributed by atoms with Gasteiger partial charge >= 0.3 is 0 Å². The molecule has 1 aromatic heterocycles. The van der Waals surface area contributed by atoms with E-state index in [2.05, 4.69) is 10.3 Å². The molecule has 0 saturated carbocycles. The fourth-order valence-corrected chi connectivity index (χ4v) is 2.16. The third kappa shape index (κ3) is 2.55. The van der Waals surface area contributed by atoms with Crippen LogP contribution in [0.25, 0.3) is 16.9 Å². The molecule has 0 bridgehead atoms. The van der Waals surface area contributed by atoms with Gasteiger partial charge in [-0.3, -0.25) is 0 Å². The summed E-state index contributed by atoms with van der Waals surface area (Å²) >= 11 is 5.92. The van der Waals surface area contributed by atoms with Crippen LogP contribution in [-0.2, 0) is 0 Å². The van der Waals surface area contributed by atoms with Gasteiger partial charge in [-0.05, 0) is 30.3 Å². The summed E-state index contributed by atoms with van der Waals surface area (Å²) in [7, 11) is 1.63. The molecule has 21 heavy (non-hydrogen) atoms. The topological polar surface area (TPSA) is 66.0 Å². The van der Waals surface area contributed by atoms with Crippen molar-refractivity contribution in [3.8, 4) is 22.7 Å². The van der Waals surface area contributed by atoms with Crippen molar-refractivity contribution in [1.29, 1.82) is 0 Å². The number of nitrogens with two attached hydrogens (primary N) is 1. The Morgan fingerprint density at radius 1 is 1.19 bits per heavy atom. The maximum Gasteiger partial charge on any atom is 0.128 e. The summed E-state index contributed by atoms with van der Waals surface area (Å²) in [6.07, 6.45) is 1.82. The summed E-state index contributed by atoms with van der Waals surface area (Å²) in [5, 5.41) is 8.82. The first kappa shape index (κ1) is 13.5. The molecule has 0 saturated heterocycles. The number of hydrogen-bond donors (Lipinski definition) is 1. The lowest BCUT2D eigenvalue weighted by molar-refractivity contribution is 0.416. The second kappa shape index (κ2) is 5.46. The third-order valence-corrected chi connectivity index (χ3v) is 3.46. The van der Waals surface area contributed by atoms with Crippen molar-refractivity contribution in [2.75, 3.05) is 12.8 Å². The molecule has 0 unspecified atom stereocenters. The highest BCUT2D eigenvalue weighted by Crippen LogP contribution is 2.28. The number of hydrogen-bond acceptors (Lipinski definition) is 4. The van der Waals surface area contributed by atoms with Crippen LogP contribution in [-0.4, -0.2) is 22.1 Å². The largest absolute Gasteiger partial charge is 0.496 e. The maximum atomic E-state index is 5.92. The van der Waals surface area contributed by atoms with E-state index in [0.717, 1.165) is 22.7 Å². The number of aromatic nitrogens is 3. The number of ether oxygens (including phenoxy) is 1. The van der Waals surface area contributed by atoms with E-state index in [0.29, 0.717) is 10.7 Å². The number of halogens is 1. The first-order valence-electron chi connectivity index (χ1n) is 6.30. The Kier molecular flexibility index (Phi) is 3.50. The monoisotopic (exact) mass is 300 g/mol. The molecule has 0 spiro atoms. The summed E-state index contributed by atoms with van der Waals surface area (Å²) < 4.78 is 6.98. The van der Waals surface area contributed by atoms with Crippen LogP contribution >= 0.6 is 11.6 Å². The molecule has 0 aliphatic heterocycles. The highest BCUT2D eigenvalue weighted by atomic mass is 35.5. The summed E-state index contributed by atoms with van der Waals surface area (Å²) in [6, 6.07) is 13.0. The van der Waals surface area contributed by atoms with E-state index in [9.17, 15) is 0 Å². The third-order valence-electron chi connectivity index (χ3n) is 3.12. The van der Waals surface area contributed by atoms with Gasteiger partial charge in [0.15, 0.2) is 0 Å². The number of benzene rings is 2. The lowest BCUT2D eigenvalue weighted by Gasteiger charge is -2.04. The molecule has 106 valence electrons. The number of anilines is 1. The Morgan fingerprint density at radius 2 is 2.00 bits per heavy atom. The lowest BCUT2D eigenvalue weighted by Crippen LogP contribution is -1.96. The molecule has 0 aliphatic carbocycles. The first-order chi connectivity index (χ1) is 10.2. The molecule has 0 fully saturated rings. The second-order valence-electron chi connectivity index (χ2n) is 4.45. The molecule has 0 radical (unpaired) electrons. The Bertz CT molecular complexity index is 785. The van der Waals surface area contributed by atoms with E-state index >= 15 is 0 Å². The van der Waals surface area contributed by atoms with Crippen LogP contribution in [0.2, 0.25) is 5.02 Å². The van der Waals surface area contributed by atoms with E-state index in [1.165, 1.54) is 0 Å². The molecule has 6 heteroatoms. The fourth-order valence-electron chi connectivity index (χ4n) is 2.04. The standard InChI is InChI=1S/C15H13ClN4O/c1-21-15-5-3-2-4-11(15)14-9-20(19-18-14)10-6-7-12(16)13(17)8-10/h2-9H,17H2,1H3. The summed E-state index contributed by atoms with van der Waals surface area (Å²) in [5.74, 6) is 0.750. The van der Waals surface area contributed by atoms with Crippen molar-refractivity contribution in [2.24, 2.45) is 0 Å². The molecule has 0 aliphatic rings. The van der Waals surface area contributed by atoms with Gasteiger partial charge in [-0.1, -0.05) is 28.9 Å². The van der Waals surface area contributed by atoms with Gasteiger partial charge in [-0.2, -0.15) is 0 Å². The highest BCUT2D eigenvalue weighted by Gasteiger charge is 2.10. The fraction of sp³-hybridized carbons (Fsp3) is 0.0667. The first-order valence-corrected chi connectivity index (χ1v) is 6.68. The van der Waals surface area contributed by atoms with Gasteiger partial charge in [-0.15, -0.1) is 5.10 Å². The average Bonchev–Trinajstić information content (AvgIpc) is 2.99. The van der Waals surface area contributed by atoms with Crippen LogP contribution in [0.5, 0.6) is 5.75 Å². The summed E-state index contributed by atoms with van der Waals surface area (Å²) in [6.45, 7) is 0. The molecule has 2 aromatic carbocycles. The van der Waals surface area contributed by atoms with E-state index < -0.39 is 0 Å². The van der Waals surface area contributed by atoms with Gasteiger partial charge in [0.05, 0.1) is 29.7 Å². The molecule has 1 heterocycles. The van der Waals surface area contributed by atoms with Crippen LogP contribution < -0.4 is 10.5 Å². The second-order valence-corrected chi connectivity index (χ2v) is 4.86. The maximum absolute atomic E-state index is 5.92. The number of rotatable bonds is 3. The minimum Gasteiger partial charge on any atom is -0.496 e. The predicted octanol–water partition coefficient (Wildman–Crippen LogP) is 3.18. The minimum absolute atomic E-state index is 0.503. The Morgan fingerprint density at radius 3 is 2.76 bits per heavy atom. The van der Waals surface area contributed by atoms with Crippen molar-refractivity contribution in [3.05, 3.63) is 53.7 Å². The van der Waals surface area contributed by atoms with Crippen molar-refractivity contribution in [3.63, 3.8) is 0 Å². The molecule has 3 rings (SSSR count). The molecule has 0 amide bonds. The molecule has 5 nitrogen and oxygen atoms in total. The smallest absolute Gasteiger partial charge is 0.128 e. The van der Waals surface area contributed by atoms with Gasteiger partial charge in [0.25, 0.3) is 0 Å². The number of para-hydroxylation sites is 1. The Hall–Kier alpha value is -2.53. The minimum atomic E-state index is 0.503. The van der Waals surface area contributed by atoms with Crippen molar-refractivity contribution in [2.45, 2.75) is 0 Å². The zero-order valence-corrected chi connectivity index (χ0v) is 12.1. The zero-order chi connectivity index (χ0) is 14.8. The molecule has 0 atom stereocenters. The van der Waals surface area contributed by atoms with Crippen LogP contribution in [0.4, 0.5) is 5.69 Å².